The highest BCUT2D eigenvalue weighted by atomic mass is 16.5. The van der Waals surface area contributed by atoms with E-state index in [-0.39, 0.29) is 18.1 Å². The van der Waals surface area contributed by atoms with E-state index in [2.05, 4.69) is 22.8 Å². The van der Waals surface area contributed by atoms with E-state index < -0.39 is 0 Å². The van der Waals surface area contributed by atoms with Gasteiger partial charge in [0.05, 0.1) is 12.1 Å². The molecule has 2 unspecified atom stereocenters. The number of rotatable bonds is 4. The molecule has 1 amide bonds. The third-order valence-corrected chi connectivity index (χ3v) is 3.69. The molecule has 2 atom stereocenters. The van der Waals surface area contributed by atoms with Gasteiger partial charge in [-0.15, -0.1) is 0 Å². The van der Waals surface area contributed by atoms with Crippen LogP contribution < -0.4 is 15.4 Å². The Bertz CT molecular complexity index is 442. The van der Waals surface area contributed by atoms with Gasteiger partial charge >= 0.3 is 0 Å². The van der Waals surface area contributed by atoms with E-state index in [1.165, 1.54) is 5.56 Å². The number of hydrogen-bond donors (Lipinski definition) is 2. The summed E-state index contributed by atoms with van der Waals surface area (Å²) < 4.78 is 5.66. The first-order valence-corrected chi connectivity index (χ1v) is 7.31. The molecule has 2 N–H and O–H groups in total. The predicted molar refractivity (Wildman–Crippen MR) is 80.0 cm³/mol. The van der Waals surface area contributed by atoms with Crippen molar-refractivity contribution in [2.75, 3.05) is 13.6 Å². The largest absolute Gasteiger partial charge is 0.491 e. The fraction of sp³-hybridized carbons (Fsp3) is 0.562. The standard InChI is InChI=1S/C16H24N2O2/c1-11(2)20-14-6-4-12(5-7-14)13-8-9-18-15(10-13)16(19)17-3/h4-7,11,13,15,18H,8-10H2,1-3H3,(H,17,19). The first kappa shape index (κ1) is 14.9. The van der Waals surface area contributed by atoms with Crippen molar-refractivity contribution >= 4 is 5.91 Å². The molecule has 0 bridgehead atoms. The highest BCUT2D eigenvalue weighted by molar-refractivity contribution is 5.81. The lowest BCUT2D eigenvalue weighted by molar-refractivity contribution is -0.123. The van der Waals surface area contributed by atoms with Crippen molar-refractivity contribution in [3.8, 4) is 5.75 Å². The van der Waals surface area contributed by atoms with Gasteiger partial charge in [0.15, 0.2) is 0 Å². The molecule has 1 saturated heterocycles. The van der Waals surface area contributed by atoms with Crippen molar-refractivity contribution in [1.82, 2.24) is 10.6 Å². The van der Waals surface area contributed by atoms with E-state index in [0.29, 0.717) is 5.92 Å². The summed E-state index contributed by atoms with van der Waals surface area (Å²) in [6.07, 6.45) is 2.11. The molecule has 1 fully saturated rings. The van der Waals surface area contributed by atoms with Crippen LogP contribution in [0.3, 0.4) is 0 Å². The van der Waals surface area contributed by atoms with E-state index in [9.17, 15) is 4.79 Å². The molecular formula is C16H24N2O2. The molecule has 4 heteroatoms. The number of amides is 1. The first-order valence-electron chi connectivity index (χ1n) is 7.31. The normalized spacial score (nSPS) is 22.6. The quantitative estimate of drug-likeness (QED) is 0.885. The summed E-state index contributed by atoms with van der Waals surface area (Å²) in [4.78, 5) is 11.7. The summed E-state index contributed by atoms with van der Waals surface area (Å²) in [6, 6.07) is 8.20. The summed E-state index contributed by atoms with van der Waals surface area (Å²) in [5, 5.41) is 5.99. The van der Waals surface area contributed by atoms with E-state index in [1.54, 1.807) is 7.05 Å². The summed E-state index contributed by atoms with van der Waals surface area (Å²) in [7, 11) is 1.69. The number of piperidine rings is 1. The van der Waals surface area contributed by atoms with Gasteiger partial charge in [-0.2, -0.15) is 0 Å². The third kappa shape index (κ3) is 3.73. The zero-order chi connectivity index (χ0) is 14.5. The van der Waals surface area contributed by atoms with Gasteiger partial charge in [0, 0.05) is 7.05 Å². The Balaban J connectivity index is 2.01. The smallest absolute Gasteiger partial charge is 0.236 e. The van der Waals surface area contributed by atoms with Gasteiger partial charge in [-0.25, -0.2) is 0 Å². The zero-order valence-electron chi connectivity index (χ0n) is 12.5. The zero-order valence-corrected chi connectivity index (χ0v) is 12.5. The van der Waals surface area contributed by atoms with Crippen molar-refractivity contribution in [3.63, 3.8) is 0 Å². The number of likely N-dealkylation sites (N-methyl/N-ethyl adjacent to an activating group) is 1. The predicted octanol–water partition coefficient (Wildman–Crippen LogP) is 2.06. The Morgan fingerprint density at radius 1 is 1.35 bits per heavy atom. The highest BCUT2D eigenvalue weighted by Crippen LogP contribution is 2.29. The van der Waals surface area contributed by atoms with Gasteiger partial charge in [-0.1, -0.05) is 12.1 Å². The number of carbonyl (C=O) groups is 1. The monoisotopic (exact) mass is 276 g/mol. The lowest BCUT2D eigenvalue weighted by Gasteiger charge is -2.29. The average Bonchev–Trinajstić information content (AvgIpc) is 2.47. The molecule has 1 aromatic rings. The minimum Gasteiger partial charge on any atom is -0.491 e. The lowest BCUT2D eigenvalue weighted by atomic mass is 9.86. The second kappa shape index (κ2) is 6.75. The molecule has 1 aromatic carbocycles. The van der Waals surface area contributed by atoms with Crippen molar-refractivity contribution < 1.29 is 9.53 Å². The number of ether oxygens (including phenoxy) is 1. The van der Waals surface area contributed by atoms with Crippen LogP contribution in [0, 0.1) is 0 Å². The summed E-state index contributed by atoms with van der Waals surface area (Å²) in [5.74, 6) is 1.42. The Morgan fingerprint density at radius 3 is 2.65 bits per heavy atom. The van der Waals surface area contributed by atoms with Gasteiger partial charge in [-0.05, 0) is 56.8 Å². The fourth-order valence-corrected chi connectivity index (χ4v) is 2.68. The van der Waals surface area contributed by atoms with Crippen LogP contribution >= 0.6 is 0 Å². The SMILES string of the molecule is CNC(=O)C1CC(c2ccc(OC(C)C)cc2)CCN1. The molecule has 0 aromatic heterocycles. The van der Waals surface area contributed by atoms with Crippen molar-refractivity contribution in [1.29, 1.82) is 0 Å². The Kier molecular flexibility index (Phi) is 5.01. The second-order valence-electron chi connectivity index (χ2n) is 5.58. The van der Waals surface area contributed by atoms with Crippen LogP contribution in [0.15, 0.2) is 24.3 Å². The number of hydrogen-bond acceptors (Lipinski definition) is 3. The minimum absolute atomic E-state index is 0.0782. The first-order chi connectivity index (χ1) is 9.60. The molecule has 1 aliphatic heterocycles. The van der Waals surface area contributed by atoms with Crippen molar-refractivity contribution in [2.24, 2.45) is 0 Å². The number of benzene rings is 1. The van der Waals surface area contributed by atoms with Gasteiger partial charge in [0.25, 0.3) is 0 Å². The van der Waals surface area contributed by atoms with Crippen LogP contribution in [0.1, 0.15) is 38.2 Å². The van der Waals surface area contributed by atoms with E-state index >= 15 is 0 Å². The lowest BCUT2D eigenvalue weighted by Crippen LogP contribution is -2.47. The van der Waals surface area contributed by atoms with Crippen molar-refractivity contribution in [3.05, 3.63) is 29.8 Å². The maximum Gasteiger partial charge on any atom is 0.236 e. The highest BCUT2D eigenvalue weighted by Gasteiger charge is 2.26. The summed E-state index contributed by atoms with van der Waals surface area (Å²) >= 11 is 0. The maximum absolute atomic E-state index is 11.7. The summed E-state index contributed by atoms with van der Waals surface area (Å²) in [5.41, 5.74) is 1.29. The molecule has 0 spiro atoms. The molecule has 1 heterocycles. The molecule has 1 aliphatic rings. The molecule has 20 heavy (non-hydrogen) atoms. The second-order valence-corrected chi connectivity index (χ2v) is 5.58. The number of nitrogens with one attached hydrogen (secondary N) is 2. The molecule has 0 saturated carbocycles. The number of carbonyl (C=O) groups excluding carboxylic acids is 1. The Morgan fingerprint density at radius 2 is 2.05 bits per heavy atom. The molecule has 2 rings (SSSR count). The molecule has 4 nitrogen and oxygen atoms in total. The van der Waals surface area contributed by atoms with E-state index in [4.69, 9.17) is 4.74 Å². The van der Waals surface area contributed by atoms with Crippen LogP contribution in [0.25, 0.3) is 0 Å². The molecular weight excluding hydrogens is 252 g/mol. The fourth-order valence-electron chi connectivity index (χ4n) is 2.68. The Hall–Kier alpha value is -1.55. The molecule has 0 aliphatic carbocycles. The Labute approximate surface area is 120 Å². The third-order valence-electron chi connectivity index (χ3n) is 3.69. The van der Waals surface area contributed by atoms with Gasteiger partial charge in [0.1, 0.15) is 5.75 Å². The van der Waals surface area contributed by atoms with Crippen LogP contribution in [0.2, 0.25) is 0 Å². The van der Waals surface area contributed by atoms with Crippen LogP contribution in [0.4, 0.5) is 0 Å². The minimum atomic E-state index is -0.0784. The molecule has 110 valence electrons. The topological polar surface area (TPSA) is 50.4 Å². The molecule has 0 radical (unpaired) electrons. The average molecular weight is 276 g/mol. The summed E-state index contributed by atoms with van der Waals surface area (Å²) in [6.45, 7) is 4.93. The van der Waals surface area contributed by atoms with Gasteiger partial charge in [-0.3, -0.25) is 4.79 Å². The van der Waals surface area contributed by atoms with Crippen LogP contribution in [-0.4, -0.2) is 31.6 Å². The van der Waals surface area contributed by atoms with Crippen LogP contribution in [-0.2, 0) is 4.79 Å². The van der Waals surface area contributed by atoms with Gasteiger partial charge < -0.3 is 15.4 Å². The van der Waals surface area contributed by atoms with Crippen LogP contribution in [0.5, 0.6) is 5.75 Å². The maximum atomic E-state index is 11.7. The van der Waals surface area contributed by atoms with E-state index in [0.717, 1.165) is 25.1 Å². The van der Waals surface area contributed by atoms with Gasteiger partial charge in [0.2, 0.25) is 5.91 Å². The van der Waals surface area contributed by atoms with E-state index in [1.807, 2.05) is 26.0 Å². The van der Waals surface area contributed by atoms with Crippen molar-refractivity contribution in [2.45, 2.75) is 44.8 Å².